The molecule has 3 nitrogen and oxygen atoms in total. The molecule has 2 aliphatic rings. The van der Waals surface area contributed by atoms with Crippen LogP contribution in [0.1, 0.15) is 22.3 Å². The standard InChI is InChI=1S/C21H17ClN2O/c22-19-9-5-4-8-17(19)21(25)24-23-13-18-15-10-11-16(12-15)20(18)14-6-2-1-3-7-14/h1-11,13,15-16H,12H2,(H,24,25)/b23-13-/t15-,16+/m0/s1. The molecule has 0 unspecified atom stereocenters. The Labute approximate surface area is 151 Å². The zero-order valence-electron chi connectivity index (χ0n) is 13.5. The van der Waals surface area contributed by atoms with Gasteiger partial charge < -0.3 is 0 Å². The summed E-state index contributed by atoms with van der Waals surface area (Å²) in [6, 6.07) is 17.3. The van der Waals surface area contributed by atoms with Crippen LogP contribution in [-0.4, -0.2) is 12.1 Å². The molecule has 0 radical (unpaired) electrons. The topological polar surface area (TPSA) is 41.5 Å². The SMILES string of the molecule is O=C(N/N=C\C1=C(c2ccccc2)[C@@H]2C=C[C@H]1C2)c1ccccc1Cl. The fraction of sp³-hybridized carbons (Fsp3) is 0.143. The van der Waals surface area contributed by atoms with Crippen molar-refractivity contribution in [2.75, 3.05) is 0 Å². The Morgan fingerprint density at radius 2 is 1.76 bits per heavy atom. The lowest BCUT2D eigenvalue weighted by Crippen LogP contribution is -2.18. The number of allylic oxidation sites excluding steroid dienone is 4. The van der Waals surface area contributed by atoms with Crippen LogP contribution < -0.4 is 5.43 Å². The molecule has 0 heterocycles. The predicted octanol–water partition coefficient (Wildman–Crippen LogP) is 4.72. The van der Waals surface area contributed by atoms with Crippen molar-refractivity contribution in [3.63, 3.8) is 0 Å². The zero-order valence-corrected chi connectivity index (χ0v) is 14.3. The third-order valence-electron chi connectivity index (χ3n) is 4.74. The van der Waals surface area contributed by atoms with Crippen LogP contribution in [0.15, 0.2) is 77.4 Å². The highest BCUT2D eigenvalue weighted by molar-refractivity contribution is 6.33. The van der Waals surface area contributed by atoms with E-state index in [9.17, 15) is 4.79 Å². The summed E-state index contributed by atoms with van der Waals surface area (Å²) in [5.74, 6) is 0.511. The van der Waals surface area contributed by atoms with Crippen molar-refractivity contribution in [2.45, 2.75) is 6.42 Å². The van der Waals surface area contributed by atoms with E-state index in [0.29, 0.717) is 22.4 Å². The molecule has 0 saturated carbocycles. The lowest BCUT2D eigenvalue weighted by molar-refractivity contribution is 0.0955. The van der Waals surface area contributed by atoms with Gasteiger partial charge in [0.1, 0.15) is 0 Å². The van der Waals surface area contributed by atoms with Gasteiger partial charge in [-0.05, 0) is 35.3 Å². The van der Waals surface area contributed by atoms with Crippen molar-refractivity contribution >= 4 is 29.3 Å². The average molecular weight is 349 g/mol. The second kappa shape index (κ2) is 6.69. The number of benzene rings is 2. The van der Waals surface area contributed by atoms with E-state index in [1.807, 2.05) is 18.2 Å². The molecule has 25 heavy (non-hydrogen) atoms. The van der Waals surface area contributed by atoms with Gasteiger partial charge in [-0.2, -0.15) is 5.10 Å². The fourth-order valence-corrected chi connectivity index (χ4v) is 3.81. The Kier molecular flexibility index (Phi) is 4.24. The average Bonchev–Trinajstić information content (AvgIpc) is 3.24. The number of halogens is 1. The van der Waals surface area contributed by atoms with Gasteiger partial charge in [0.15, 0.2) is 0 Å². The molecule has 1 N–H and O–H groups in total. The quantitative estimate of drug-likeness (QED) is 0.485. The number of carbonyl (C=O) groups is 1. The first kappa shape index (κ1) is 15.9. The molecule has 2 aromatic rings. The summed E-state index contributed by atoms with van der Waals surface area (Å²) >= 11 is 6.05. The Morgan fingerprint density at radius 3 is 2.56 bits per heavy atom. The molecule has 1 amide bonds. The second-order valence-electron chi connectivity index (χ2n) is 6.25. The van der Waals surface area contributed by atoms with E-state index in [0.717, 1.165) is 6.42 Å². The summed E-state index contributed by atoms with van der Waals surface area (Å²) in [6.45, 7) is 0. The molecule has 2 aromatic carbocycles. The highest BCUT2D eigenvalue weighted by atomic mass is 35.5. The van der Waals surface area contributed by atoms with Crippen LogP contribution in [-0.2, 0) is 0 Å². The molecule has 2 aliphatic carbocycles. The van der Waals surface area contributed by atoms with Gasteiger partial charge in [-0.25, -0.2) is 5.43 Å². The molecule has 0 spiro atoms. The summed E-state index contributed by atoms with van der Waals surface area (Å²) in [7, 11) is 0. The largest absolute Gasteiger partial charge is 0.272 e. The fourth-order valence-electron chi connectivity index (χ4n) is 3.59. The number of fused-ring (bicyclic) bond motifs is 2. The van der Waals surface area contributed by atoms with Crippen LogP contribution in [0.25, 0.3) is 5.57 Å². The van der Waals surface area contributed by atoms with E-state index in [1.54, 1.807) is 30.5 Å². The molecular formula is C21H17ClN2O. The first-order valence-electron chi connectivity index (χ1n) is 8.30. The molecule has 4 heteroatoms. The van der Waals surface area contributed by atoms with Crippen molar-refractivity contribution in [3.8, 4) is 0 Å². The number of carbonyl (C=O) groups excluding carboxylic acids is 1. The molecule has 2 bridgehead atoms. The van der Waals surface area contributed by atoms with Crippen LogP contribution in [0.4, 0.5) is 0 Å². The molecular weight excluding hydrogens is 332 g/mol. The normalized spacial score (nSPS) is 21.3. The summed E-state index contributed by atoms with van der Waals surface area (Å²) in [5.41, 5.74) is 6.72. The maximum absolute atomic E-state index is 12.2. The van der Waals surface area contributed by atoms with E-state index in [-0.39, 0.29) is 5.91 Å². The van der Waals surface area contributed by atoms with Crippen molar-refractivity contribution in [1.82, 2.24) is 5.43 Å². The van der Waals surface area contributed by atoms with Gasteiger partial charge in [0.2, 0.25) is 0 Å². The molecule has 0 aliphatic heterocycles. The van der Waals surface area contributed by atoms with Crippen molar-refractivity contribution < 1.29 is 4.79 Å². The van der Waals surface area contributed by atoms with Crippen LogP contribution in [0, 0.1) is 11.8 Å². The van der Waals surface area contributed by atoms with Crippen LogP contribution in [0.3, 0.4) is 0 Å². The minimum atomic E-state index is -0.303. The van der Waals surface area contributed by atoms with Gasteiger partial charge in [0.05, 0.1) is 16.8 Å². The summed E-state index contributed by atoms with van der Waals surface area (Å²) in [4.78, 5) is 12.2. The van der Waals surface area contributed by atoms with E-state index in [4.69, 9.17) is 11.6 Å². The zero-order chi connectivity index (χ0) is 17.2. The van der Waals surface area contributed by atoms with E-state index in [2.05, 4.69) is 34.8 Å². The maximum atomic E-state index is 12.2. The Hall–Kier alpha value is -2.65. The van der Waals surface area contributed by atoms with Crippen LogP contribution in [0.2, 0.25) is 5.02 Å². The number of rotatable bonds is 4. The number of amides is 1. The molecule has 2 atom stereocenters. The highest BCUT2D eigenvalue weighted by Crippen LogP contribution is 2.47. The number of nitrogens with zero attached hydrogens (tertiary/aromatic N) is 1. The first-order valence-corrected chi connectivity index (χ1v) is 8.67. The van der Waals surface area contributed by atoms with E-state index >= 15 is 0 Å². The minimum Gasteiger partial charge on any atom is -0.267 e. The lowest BCUT2D eigenvalue weighted by atomic mass is 9.92. The predicted molar refractivity (Wildman–Crippen MR) is 102 cm³/mol. The third-order valence-corrected chi connectivity index (χ3v) is 5.07. The van der Waals surface area contributed by atoms with Gasteiger partial charge in [-0.1, -0.05) is 66.2 Å². The van der Waals surface area contributed by atoms with Crippen molar-refractivity contribution in [1.29, 1.82) is 0 Å². The van der Waals surface area contributed by atoms with Gasteiger partial charge >= 0.3 is 0 Å². The Balaban J connectivity index is 1.56. The summed E-state index contributed by atoms with van der Waals surface area (Å²) in [5, 5.41) is 4.61. The molecule has 124 valence electrons. The third kappa shape index (κ3) is 3.03. The van der Waals surface area contributed by atoms with Gasteiger partial charge in [0.25, 0.3) is 5.91 Å². The van der Waals surface area contributed by atoms with Gasteiger partial charge in [0, 0.05) is 11.8 Å². The summed E-state index contributed by atoms with van der Waals surface area (Å²) < 4.78 is 0. The minimum absolute atomic E-state index is 0.303. The first-order chi connectivity index (χ1) is 12.2. The molecule has 0 saturated heterocycles. The van der Waals surface area contributed by atoms with Crippen LogP contribution in [0.5, 0.6) is 0 Å². The lowest BCUT2D eigenvalue weighted by Gasteiger charge is -2.13. The molecule has 0 aromatic heterocycles. The smallest absolute Gasteiger partial charge is 0.267 e. The van der Waals surface area contributed by atoms with Gasteiger partial charge in [-0.15, -0.1) is 0 Å². The van der Waals surface area contributed by atoms with Gasteiger partial charge in [-0.3, -0.25) is 4.79 Å². The highest BCUT2D eigenvalue weighted by Gasteiger charge is 2.34. The number of nitrogens with one attached hydrogen (secondary N) is 1. The number of hydrogen-bond donors (Lipinski definition) is 1. The molecule has 0 fully saturated rings. The number of hydrazone groups is 1. The maximum Gasteiger partial charge on any atom is 0.272 e. The Morgan fingerprint density at radius 1 is 1.04 bits per heavy atom. The number of hydrogen-bond acceptors (Lipinski definition) is 2. The molecule has 4 rings (SSSR count). The van der Waals surface area contributed by atoms with Crippen molar-refractivity contribution in [2.24, 2.45) is 16.9 Å². The van der Waals surface area contributed by atoms with E-state index < -0.39 is 0 Å². The van der Waals surface area contributed by atoms with Crippen molar-refractivity contribution in [3.05, 3.63) is 88.5 Å². The second-order valence-corrected chi connectivity index (χ2v) is 6.65. The summed E-state index contributed by atoms with van der Waals surface area (Å²) in [6.07, 6.45) is 7.37. The Bertz CT molecular complexity index is 899. The van der Waals surface area contributed by atoms with Crippen LogP contribution >= 0.6 is 11.6 Å². The van der Waals surface area contributed by atoms with E-state index in [1.165, 1.54) is 16.7 Å². The monoisotopic (exact) mass is 348 g/mol.